The maximum Gasteiger partial charge on any atom is 0.151 e. The lowest BCUT2D eigenvalue weighted by Crippen LogP contribution is -2.47. The van der Waals surface area contributed by atoms with Crippen LogP contribution >= 0.6 is 23.2 Å². The molecule has 7 heteroatoms. The van der Waals surface area contributed by atoms with Crippen molar-refractivity contribution < 1.29 is 0 Å². The molecule has 1 saturated heterocycles. The number of nitrogen functional groups attached to an aromatic ring is 1. The van der Waals surface area contributed by atoms with Crippen molar-refractivity contribution in [3.63, 3.8) is 0 Å². The lowest BCUT2D eigenvalue weighted by atomic mass is 10.2. The molecule has 1 fully saturated rings. The highest BCUT2D eigenvalue weighted by Crippen LogP contribution is 2.28. The van der Waals surface area contributed by atoms with E-state index >= 15 is 0 Å². The molecule has 2 aromatic heterocycles. The van der Waals surface area contributed by atoms with Gasteiger partial charge in [-0.05, 0) is 18.2 Å². The highest BCUT2D eigenvalue weighted by atomic mass is 35.5. The topological polar surface area (TPSA) is 58.3 Å². The molecule has 1 aliphatic heterocycles. The minimum absolute atomic E-state index is 0.545. The van der Waals surface area contributed by atoms with Crippen LogP contribution in [-0.4, -0.2) is 36.1 Å². The van der Waals surface area contributed by atoms with Gasteiger partial charge in [0, 0.05) is 38.6 Å². The maximum atomic E-state index is 6.21. The van der Waals surface area contributed by atoms with Crippen LogP contribution < -0.4 is 15.5 Å². The SMILES string of the molecule is Nc1cccnc1N1CCN(c2ncc(Cl)cc2Cl)CC1. The number of hydrogen-bond donors (Lipinski definition) is 1. The van der Waals surface area contributed by atoms with Gasteiger partial charge in [0.2, 0.25) is 0 Å². The highest BCUT2D eigenvalue weighted by molar-refractivity contribution is 6.36. The summed E-state index contributed by atoms with van der Waals surface area (Å²) in [5.41, 5.74) is 6.67. The first-order valence-corrected chi connectivity index (χ1v) is 7.42. The fraction of sp³-hybridized carbons (Fsp3) is 0.286. The van der Waals surface area contributed by atoms with Crippen molar-refractivity contribution in [1.29, 1.82) is 0 Å². The van der Waals surface area contributed by atoms with Crippen molar-refractivity contribution in [1.82, 2.24) is 9.97 Å². The van der Waals surface area contributed by atoms with E-state index in [0.717, 1.165) is 37.8 Å². The van der Waals surface area contributed by atoms with E-state index in [9.17, 15) is 0 Å². The van der Waals surface area contributed by atoms with Gasteiger partial charge < -0.3 is 15.5 Å². The van der Waals surface area contributed by atoms with Gasteiger partial charge in [-0.15, -0.1) is 0 Å². The second-order valence-corrected chi connectivity index (χ2v) is 5.69. The number of halogens is 2. The Labute approximate surface area is 133 Å². The van der Waals surface area contributed by atoms with Crippen LogP contribution in [0.4, 0.5) is 17.3 Å². The van der Waals surface area contributed by atoms with Crippen molar-refractivity contribution >= 4 is 40.5 Å². The second-order valence-electron chi connectivity index (χ2n) is 4.85. The Morgan fingerprint density at radius 3 is 2.29 bits per heavy atom. The zero-order valence-corrected chi connectivity index (χ0v) is 12.8. The first kappa shape index (κ1) is 14.2. The Kier molecular flexibility index (Phi) is 4.03. The van der Waals surface area contributed by atoms with Gasteiger partial charge in [-0.2, -0.15) is 0 Å². The summed E-state index contributed by atoms with van der Waals surface area (Å²) in [7, 11) is 0. The lowest BCUT2D eigenvalue weighted by Gasteiger charge is -2.36. The van der Waals surface area contributed by atoms with Crippen molar-refractivity contribution in [2.24, 2.45) is 0 Å². The van der Waals surface area contributed by atoms with E-state index in [1.54, 1.807) is 18.5 Å². The summed E-state index contributed by atoms with van der Waals surface area (Å²) in [6, 6.07) is 5.42. The second kappa shape index (κ2) is 5.95. The molecule has 3 heterocycles. The van der Waals surface area contributed by atoms with Gasteiger partial charge in [0.25, 0.3) is 0 Å². The van der Waals surface area contributed by atoms with Gasteiger partial charge in [0.05, 0.1) is 15.7 Å². The van der Waals surface area contributed by atoms with Crippen molar-refractivity contribution in [3.05, 3.63) is 40.6 Å². The number of aromatic nitrogens is 2. The summed E-state index contributed by atoms with van der Waals surface area (Å²) < 4.78 is 0. The molecule has 2 aromatic rings. The van der Waals surface area contributed by atoms with Gasteiger partial charge in [-0.1, -0.05) is 23.2 Å². The zero-order chi connectivity index (χ0) is 14.8. The summed E-state index contributed by atoms with van der Waals surface area (Å²) in [5, 5.41) is 1.12. The molecule has 5 nitrogen and oxygen atoms in total. The number of anilines is 3. The van der Waals surface area contributed by atoms with Crippen LogP contribution in [0.2, 0.25) is 10.0 Å². The lowest BCUT2D eigenvalue weighted by molar-refractivity contribution is 0.642. The third kappa shape index (κ3) is 2.99. The van der Waals surface area contributed by atoms with E-state index in [-0.39, 0.29) is 0 Å². The summed E-state index contributed by atoms with van der Waals surface area (Å²) in [6.45, 7) is 3.26. The van der Waals surface area contributed by atoms with Crippen LogP contribution in [0, 0.1) is 0 Å². The standard InChI is InChI=1S/C14H15Cl2N5/c15-10-8-11(16)13(19-9-10)20-4-6-21(7-5-20)14-12(17)2-1-3-18-14/h1-3,8-9H,4-7,17H2. The predicted molar refractivity (Wildman–Crippen MR) is 87.3 cm³/mol. The Bertz CT molecular complexity index is 641. The van der Waals surface area contributed by atoms with Crippen LogP contribution in [0.15, 0.2) is 30.6 Å². The van der Waals surface area contributed by atoms with E-state index in [4.69, 9.17) is 28.9 Å². The number of nitrogens with zero attached hydrogens (tertiary/aromatic N) is 4. The van der Waals surface area contributed by atoms with E-state index in [2.05, 4.69) is 19.8 Å². The summed E-state index contributed by atoms with van der Waals surface area (Å²) in [6.07, 6.45) is 3.38. The van der Waals surface area contributed by atoms with Gasteiger partial charge in [0.1, 0.15) is 5.82 Å². The predicted octanol–water partition coefficient (Wildman–Crippen LogP) is 2.69. The molecule has 3 rings (SSSR count). The summed E-state index contributed by atoms with van der Waals surface area (Å²) in [4.78, 5) is 13.0. The Hall–Kier alpha value is -1.72. The van der Waals surface area contributed by atoms with E-state index in [1.807, 2.05) is 12.1 Å². The van der Waals surface area contributed by atoms with Crippen LogP contribution in [0.25, 0.3) is 0 Å². The van der Waals surface area contributed by atoms with Crippen LogP contribution in [0.5, 0.6) is 0 Å². The fourth-order valence-corrected chi connectivity index (χ4v) is 2.94. The normalized spacial score (nSPS) is 15.3. The molecule has 21 heavy (non-hydrogen) atoms. The molecule has 0 amide bonds. The van der Waals surface area contributed by atoms with Gasteiger partial charge >= 0.3 is 0 Å². The molecule has 0 atom stereocenters. The van der Waals surface area contributed by atoms with Gasteiger partial charge in [0.15, 0.2) is 5.82 Å². The fourth-order valence-electron chi connectivity index (χ4n) is 2.44. The zero-order valence-electron chi connectivity index (χ0n) is 11.3. The monoisotopic (exact) mass is 323 g/mol. The Morgan fingerprint density at radius 1 is 1.00 bits per heavy atom. The van der Waals surface area contributed by atoms with Gasteiger partial charge in [-0.25, -0.2) is 9.97 Å². The molecule has 110 valence electrons. The molecular weight excluding hydrogens is 309 g/mol. The van der Waals surface area contributed by atoms with Crippen LogP contribution in [-0.2, 0) is 0 Å². The summed E-state index contributed by atoms with van der Waals surface area (Å²) in [5.74, 6) is 1.61. The van der Waals surface area contributed by atoms with Gasteiger partial charge in [-0.3, -0.25) is 0 Å². The largest absolute Gasteiger partial charge is 0.396 e. The number of nitrogens with two attached hydrogens (primary N) is 1. The highest BCUT2D eigenvalue weighted by Gasteiger charge is 2.21. The summed E-state index contributed by atoms with van der Waals surface area (Å²) >= 11 is 12.1. The average molecular weight is 324 g/mol. The molecular formula is C14H15Cl2N5. The Morgan fingerprint density at radius 2 is 1.67 bits per heavy atom. The molecule has 0 unspecified atom stereocenters. The van der Waals surface area contributed by atoms with Crippen molar-refractivity contribution in [2.45, 2.75) is 0 Å². The smallest absolute Gasteiger partial charge is 0.151 e. The number of pyridine rings is 2. The van der Waals surface area contributed by atoms with Crippen LogP contribution in [0.3, 0.4) is 0 Å². The number of hydrogen-bond acceptors (Lipinski definition) is 5. The van der Waals surface area contributed by atoms with Crippen molar-refractivity contribution in [2.75, 3.05) is 41.7 Å². The van der Waals surface area contributed by atoms with E-state index in [1.165, 1.54) is 0 Å². The maximum absolute atomic E-state index is 6.21. The minimum atomic E-state index is 0.545. The average Bonchev–Trinajstić information content (AvgIpc) is 2.48. The first-order valence-electron chi connectivity index (χ1n) is 6.66. The third-order valence-corrected chi connectivity index (χ3v) is 3.97. The first-order chi connectivity index (χ1) is 10.1. The van der Waals surface area contributed by atoms with Crippen molar-refractivity contribution in [3.8, 4) is 0 Å². The van der Waals surface area contributed by atoms with Crippen LogP contribution in [0.1, 0.15) is 0 Å². The molecule has 2 N–H and O–H groups in total. The third-order valence-electron chi connectivity index (χ3n) is 3.48. The molecule has 0 bridgehead atoms. The Balaban J connectivity index is 1.72. The molecule has 0 aromatic carbocycles. The molecule has 0 aliphatic carbocycles. The molecule has 1 aliphatic rings. The number of piperazine rings is 1. The quantitative estimate of drug-likeness (QED) is 0.920. The molecule has 0 saturated carbocycles. The minimum Gasteiger partial charge on any atom is -0.396 e. The molecule has 0 spiro atoms. The number of rotatable bonds is 2. The molecule has 0 radical (unpaired) electrons. The van der Waals surface area contributed by atoms with E-state index in [0.29, 0.717) is 15.7 Å². The van der Waals surface area contributed by atoms with E-state index < -0.39 is 0 Å².